The Labute approximate surface area is 191 Å². The number of piperidine rings is 1. The van der Waals surface area contributed by atoms with Crippen molar-refractivity contribution in [2.45, 2.75) is 38.0 Å². The molecule has 1 amide bonds. The number of carbonyl (C=O) groups excluding carboxylic acids is 1. The van der Waals surface area contributed by atoms with E-state index in [9.17, 15) is 4.79 Å². The van der Waals surface area contributed by atoms with Crippen LogP contribution in [0.15, 0.2) is 78.9 Å². The van der Waals surface area contributed by atoms with Crippen molar-refractivity contribution in [2.24, 2.45) is 11.1 Å². The van der Waals surface area contributed by atoms with Crippen LogP contribution in [-0.2, 0) is 24.7 Å². The molecule has 0 radical (unpaired) electrons. The van der Waals surface area contributed by atoms with Crippen molar-refractivity contribution in [3.8, 4) is 0 Å². The van der Waals surface area contributed by atoms with Crippen molar-refractivity contribution < 1.29 is 4.79 Å². The highest BCUT2D eigenvalue weighted by molar-refractivity contribution is 5.93. The van der Waals surface area contributed by atoms with Crippen LogP contribution in [0.3, 0.4) is 0 Å². The van der Waals surface area contributed by atoms with Crippen LogP contribution >= 0.6 is 0 Å². The molecule has 0 unspecified atom stereocenters. The maximum atomic E-state index is 12.0. The number of likely N-dealkylation sites (tertiary alicyclic amines) is 1. The first-order valence-corrected chi connectivity index (χ1v) is 11.7. The number of primary amides is 1. The van der Waals surface area contributed by atoms with Gasteiger partial charge in [-0.1, -0.05) is 73.7 Å². The van der Waals surface area contributed by atoms with Crippen LogP contribution in [0.1, 0.15) is 46.0 Å². The molecule has 32 heavy (non-hydrogen) atoms. The van der Waals surface area contributed by atoms with Crippen molar-refractivity contribution in [1.29, 1.82) is 0 Å². The second-order valence-electron chi connectivity index (χ2n) is 9.97. The third-order valence-electron chi connectivity index (χ3n) is 8.03. The van der Waals surface area contributed by atoms with Gasteiger partial charge in [-0.2, -0.15) is 0 Å². The molecule has 164 valence electrons. The highest BCUT2D eigenvalue weighted by Gasteiger charge is 2.54. The maximum absolute atomic E-state index is 12.0. The summed E-state index contributed by atoms with van der Waals surface area (Å²) < 4.78 is 0. The van der Waals surface area contributed by atoms with Gasteiger partial charge in [0.2, 0.25) is 5.91 Å². The van der Waals surface area contributed by atoms with E-state index in [4.69, 9.17) is 5.73 Å². The molecular weight excluding hydrogens is 392 g/mol. The molecule has 0 saturated carbocycles. The van der Waals surface area contributed by atoms with E-state index in [1.54, 1.807) is 0 Å². The van der Waals surface area contributed by atoms with Crippen LogP contribution in [0.25, 0.3) is 0 Å². The van der Waals surface area contributed by atoms with E-state index in [1.807, 2.05) is 12.1 Å². The minimum atomic E-state index is -0.346. The Morgan fingerprint density at radius 1 is 0.938 bits per heavy atom. The topological polar surface area (TPSA) is 46.3 Å². The molecule has 5 rings (SSSR count). The van der Waals surface area contributed by atoms with Crippen molar-refractivity contribution in [3.63, 3.8) is 0 Å². The summed E-state index contributed by atoms with van der Waals surface area (Å²) in [4.78, 5) is 14.6. The zero-order valence-electron chi connectivity index (χ0n) is 18.9. The van der Waals surface area contributed by atoms with Crippen molar-refractivity contribution in [2.75, 3.05) is 19.6 Å². The van der Waals surface area contributed by atoms with Crippen LogP contribution in [0.5, 0.6) is 0 Å². The Hall–Kier alpha value is -2.91. The highest BCUT2D eigenvalue weighted by atomic mass is 16.1. The summed E-state index contributed by atoms with van der Waals surface area (Å²) in [6.45, 7) is 5.69. The fourth-order valence-electron chi connectivity index (χ4n) is 6.24. The zero-order valence-corrected chi connectivity index (χ0v) is 18.9. The molecule has 2 aliphatic rings. The number of nitrogens with zero attached hydrogens (tertiary/aromatic N) is 1. The molecular formula is C29H32N2O. The first-order valence-electron chi connectivity index (χ1n) is 11.7. The van der Waals surface area contributed by atoms with Gasteiger partial charge in [0.1, 0.15) is 0 Å². The number of amides is 1. The Balaban J connectivity index is 1.49. The standard InChI is InChI=1S/C29H32N2O/c1-28-19-24-10-5-6-11-25(24)20-29(28,26-13-7-12-23(18-26)27(30)32)15-17-31(21-28)16-14-22-8-3-2-4-9-22/h2-13,18H,14-17,19-21H2,1H3,(H2,30,32)/t28-,29-/m1/s1. The maximum Gasteiger partial charge on any atom is 0.248 e. The fourth-order valence-corrected chi connectivity index (χ4v) is 6.24. The summed E-state index contributed by atoms with van der Waals surface area (Å²) in [5, 5.41) is 0. The largest absolute Gasteiger partial charge is 0.366 e. The predicted octanol–water partition coefficient (Wildman–Crippen LogP) is 4.78. The van der Waals surface area contributed by atoms with E-state index in [0.717, 1.165) is 45.3 Å². The van der Waals surface area contributed by atoms with Crippen LogP contribution in [-0.4, -0.2) is 30.4 Å². The normalized spacial score (nSPS) is 25.0. The van der Waals surface area contributed by atoms with Gasteiger partial charge in [0.25, 0.3) is 0 Å². The van der Waals surface area contributed by atoms with E-state index in [0.29, 0.717) is 5.56 Å². The molecule has 1 heterocycles. The molecule has 1 saturated heterocycles. The van der Waals surface area contributed by atoms with Crippen molar-refractivity contribution in [1.82, 2.24) is 4.90 Å². The molecule has 0 aromatic heterocycles. The van der Waals surface area contributed by atoms with Gasteiger partial charge in [0.05, 0.1) is 0 Å². The van der Waals surface area contributed by atoms with Crippen LogP contribution in [0.4, 0.5) is 0 Å². The molecule has 2 atom stereocenters. The summed E-state index contributed by atoms with van der Waals surface area (Å²) in [6.07, 6.45) is 4.26. The van der Waals surface area contributed by atoms with Gasteiger partial charge in [-0.3, -0.25) is 4.79 Å². The number of nitrogens with two attached hydrogens (primary N) is 1. The lowest BCUT2D eigenvalue weighted by atomic mass is 9.50. The summed E-state index contributed by atoms with van der Waals surface area (Å²) in [5.74, 6) is -0.346. The van der Waals surface area contributed by atoms with E-state index in [1.165, 1.54) is 22.3 Å². The minimum absolute atomic E-state index is 0.00998. The van der Waals surface area contributed by atoms with Gasteiger partial charge in [-0.15, -0.1) is 0 Å². The smallest absolute Gasteiger partial charge is 0.248 e. The lowest BCUT2D eigenvalue weighted by Crippen LogP contribution is -2.60. The van der Waals surface area contributed by atoms with Crippen molar-refractivity contribution >= 4 is 5.91 Å². The summed E-state index contributed by atoms with van der Waals surface area (Å²) in [5.41, 5.74) is 12.0. The third-order valence-corrected chi connectivity index (χ3v) is 8.03. The molecule has 1 fully saturated rings. The molecule has 0 spiro atoms. The molecule has 3 aromatic rings. The second-order valence-corrected chi connectivity index (χ2v) is 9.97. The molecule has 3 heteroatoms. The first-order chi connectivity index (χ1) is 15.5. The quantitative estimate of drug-likeness (QED) is 0.641. The first kappa shape index (κ1) is 21.0. The number of carbonyl (C=O) groups is 1. The zero-order chi connectivity index (χ0) is 22.2. The summed E-state index contributed by atoms with van der Waals surface area (Å²) in [7, 11) is 0. The third kappa shape index (κ3) is 3.65. The van der Waals surface area contributed by atoms with Crippen LogP contribution < -0.4 is 5.73 Å². The van der Waals surface area contributed by atoms with E-state index in [2.05, 4.69) is 78.6 Å². The average Bonchev–Trinajstić information content (AvgIpc) is 2.81. The van der Waals surface area contributed by atoms with Gasteiger partial charge < -0.3 is 10.6 Å². The average molecular weight is 425 g/mol. The lowest BCUT2D eigenvalue weighted by Gasteiger charge is -2.58. The van der Waals surface area contributed by atoms with Crippen molar-refractivity contribution in [3.05, 3.63) is 107 Å². The van der Waals surface area contributed by atoms with Crippen LogP contribution in [0.2, 0.25) is 0 Å². The Kier molecular flexibility index (Phi) is 5.38. The molecule has 0 bridgehead atoms. The molecule has 3 aromatic carbocycles. The lowest BCUT2D eigenvalue weighted by molar-refractivity contribution is 0.00443. The molecule has 3 nitrogen and oxygen atoms in total. The van der Waals surface area contributed by atoms with Gasteiger partial charge in [0.15, 0.2) is 0 Å². The van der Waals surface area contributed by atoms with E-state index < -0.39 is 0 Å². The van der Waals surface area contributed by atoms with E-state index in [-0.39, 0.29) is 16.7 Å². The highest BCUT2D eigenvalue weighted by Crippen LogP contribution is 2.55. The second kappa shape index (κ2) is 8.22. The van der Waals surface area contributed by atoms with E-state index >= 15 is 0 Å². The summed E-state index contributed by atoms with van der Waals surface area (Å²) >= 11 is 0. The van der Waals surface area contributed by atoms with Gasteiger partial charge in [-0.05, 0) is 72.0 Å². The van der Waals surface area contributed by atoms with Crippen LogP contribution in [0, 0.1) is 5.41 Å². The number of fused-ring (bicyclic) bond motifs is 2. The van der Waals surface area contributed by atoms with Gasteiger partial charge in [-0.25, -0.2) is 0 Å². The SMILES string of the molecule is C[C@]12Cc3ccccc3C[C@@]1(c1cccc(C(N)=O)c1)CCN(CCc1ccccc1)C2. The van der Waals surface area contributed by atoms with Gasteiger partial charge >= 0.3 is 0 Å². The summed E-state index contributed by atoms with van der Waals surface area (Å²) in [6, 6.07) is 27.8. The number of benzene rings is 3. The number of hydrogen-bond acceptors (Lipinski definition) is 2. The number of rotatable bonds is 5. The monoisotopic (exact) mass is 424 g/mol. The molecule has 1 aliphatic carbocycles. The molecule has 2 N–H and O–H groups in total. The Bertz CT molecular complexity index is 1120. The minimum Gasteiger partial charge on any atom is -0.366 e. The molecule has 1 aliphatic heterocycles. The fraction of sp³-hybridized carbons (Fsp3) is 0.345. The predicted molar refractivity (Wildman–Crippen MR) is 130 cm³/mol. The Morgan fingerprint density at radius 2 is 1.66 bits per heavy atom. The Morgan fingerprint density at radius 3 is 2.41 bits per heavy atom. The number of hydrogen-bond donors (Lipinski definition) is 1. The van der Waals surface area contributed by atoms with Gasteiger partial charge in [0, 0.05) is 24.1 Å².